The average molecular weight is 282 g/mol. The maximum atomic E-state index is 12.8. The summed E-state index contributed by atoms with van der Waals surface area (Å²) >= 11 is 0. The molecule has 110 valence electrons. The molecule has 3 nitrogen and oxygen atoms in total. The number of rotatable bonds is 2. The topological polar surface area (TPSA) is 52.9 Å². The zero-order valence-electron chi connectivity index (χ0n) is 13.0. The molecule has 1 fully saturated rings. The Morgan fingerprint density at radius 3 is 2.76 bits per heavy atom. The van der Waals surface area contributed by atoms with Gasteiger partial charge in [0.2, 0.25) is 5.91 Å². The van der Waals surface area contributed by atoms with Gasteiger partial charge in [0.1, 0.15) is 0 Å². The SMILES string of the molecule is CCC1(CC)C(=O)NC2(C)CC3C/C=C/C(C#N)=C\C1=C32. The van der Waals surface area contributed by atoms with E-state index in [-0.39, 0.29) is 11.4 Å². The second-order valence-corrected chi connectivity index (χ2v) is 6.65. The third-order valence-corrected chi connectivity index (χ3v) is 5.64. The predicted molar refractivity (Wildman–Crippen MR) is 82.1 cm³/mol. The molecule has 0 spiro atoms. The fraction of sp³-hybridized carbons (Fsp3) is 0.556. The lowest BCUT2D eigenvalue weighted by molar-refractivity contribution is -0.133. The van der Waals surface area contributed by atoms with Gasteiger partial charge in [-0.2, -0.15) is 5.26 Å². The van der Waals surface area contributed by atoms with Crippen molar-refractivity contribution >= 4 is 5.91 Å². The molecule has 3 rings (SSSR count). The van der Waals surface area contributed by atoms with Crippen molar-refractivity contribution < 1.29 is 4.79 Å². The van der Waals surface area contributed by atoms with Gasteiger partial charge < -0.3 is 5.32 Å². The van der Waals surface area contributed by atoms with Crippen molar-refractivity contribution in [2.45, 2.75) is 52.0 Å². The number of hydrogen-bond donors (Lipinski definition) is 1. The molecule has 3 heteroatoms. The summed E-state index contributed by atoms with van der Waals surface area (Å²) in [4.78, 5) is 12.8. The molecule has 0 aromatic rings. The van der Waals surface area contributed by atoms with Crippen LogP contribution in [0, 0.1) is 22.7 Å². The highest BCUT2D eigenvalue weighted by Gasteiger charge is 2.56. The minimum absolute atomic E-state index is 0.130. The molecule has 2 unspecified atom stereocenters. The quantitative estimate of drug-likeness (QED) is 0.844. The highest BCUT2D eigenvalue weighted by molar-refractivity contribution is 5.91. The highest BCUT2D eigenvalue weighted by Crippen LogP contribution is 2.56. The third-order valence-electron chi connectivity index (χ3n) is 5.64. The molecule has 1 saturated carbocycles. The van der Waals surface area contributed by atoms with Crippen molar-refractivity contribution in [1.82, 2.24) is 5.32 Å². The van der Waals surface area contributed by atoms with Gasteiger partial charge in [-0.25, -0.2) is 0 Å². The lowest BCUT2D eigenvalue weighted by atomic mass is 9.54. The van der Waals surface area contributed by atoms with Crippen molar-refractivity contribution in [3.63, 3.8) is 0 Å². The van der Waals surface area contributed by atoms with E-state index in [0.717, 1.165) is 31.3 Å². The number of nitriles is 1. The normalized spacial score (nSPS) is 37.0. The van der Waals surface area contributed by atoms with Gasteiger partial charge in [-0.3, -0.25) is 4.79 Å². The van der Waals surface area contributed by atoms with Gasteiger partial charge in [-0.15, -0.1) is 0 Å². The van der Waals surface area contributed by atoms with Gasteiger partial charge in [-0.05, 0) is 61.8 Å². The molecule has 0 aromatic heterocycles. The molecule has 2 atom stereocenters. The minimum Gasteiger partial charge on any atom is -0.346 e. The molecule has 0 bridgehead atoms. The molecule has 0 saturated heterocycles. The Balaban J connectivity index is 2.27. The zero-order chi connectivity index (χ0) is 15.3. The second-order valence-electron chi connectivity index (χ2n) is 6.65. The van der Waals surface area contributed by atoms with Crippen molar-refractivity contribution in [1.29, 1.82) is 5.26 Å². The molecule has 2 aliphatic carbocycles. The molecule has 0 aromatic carbocycles. The van der Waals surface area contributed by atoms with Crippen LogP contribution in [0.3, 0.4) is 0 Å². The average Bonchev–Trinajstić information content (AvgIpc) is 2.43. The fourth-order valence-corrected chi connectivity index (χ4v) is 4.41. The molecule has 3 aliphatic rings. The highest BCUT2D eigenvalue weighted by atomic mass is 16.2. The third kappa shape index (κ3) is 1.75. The maximum Gasteiger partial charge on any atom is 0.231 e. The lowest BCUT2D eigenvalue weighted by Crippen LogP contribution is -2.65. The number of nitrogens with one attached hydrogen (secondary N) is 1. The molecule has 1 aliphatic heterocycles. The van der Waals surface area contributed by atoms with Gasteiger partial charge in [-0.1, -0.05) is 19.9 Å². The Kier molecular flexibility index (Phi) is 3.09. The van der Waals surface area contributed by atoms with E-state index < -0.39 is 5.41 Å². The first-order valence-electron chi connectivity index (χ1n) is 7.87. The van der Waals surface area contributed by atoms with E-state index in [9.17, 15) is 10.1 Å². The molecule has 0 radical (unpaired) electrons. The van der Waals surface area contributed by atoms with Crippen LogP contribution in [0.4, 0.5) is 0 Å². The molecule has 1 amide bonds. The largest absolute Gasteiger partial charge is 0.346 e. The van der Waals surface area contributed by atoms with E-state index >= 15 is 0 Å². The van der Waals surface area contributed by atoms with Gasteiger partial charge in [0.05, 0.1) is 22.6 Å². The van der Waals surface area contributed by atoms with Gasteiger partial charge in [0, 0.05) is 0 Å². The van der Waals surface area contributed by atoms with Crippen LogP contribution < -0.4 is 5.32 Å². The van der Waals surface area contributed by atoms with Crippen LogP contribution in [-0.2, 0) is 4.79 Å². The lowest BCUT2D eigenvalue weighted by Gasteiger charge is -2.57. The zero-order valence-corrected chi connectivity index (χ0v) is 13.0. The summed E-state index contributed by atoms with van der Waals surface area (Å²) in [6.45, 7) is 6.26. The van der Waals surface area contributed by atoms with E-state index in [4.69, 9.17) is 0 Å². The summed E-state index contributed by atoms with van der Waals surface area (Å²) in [5.41, 5.74) is 2.47. The van der Waals surface area contributed by atoms with Crippen LogP contribution >= 0.6 is 0 Å². The van der Waals surface area contributed by atoms with E-state index in [1.54, 1.807) is 0 Å². The van der Waals surface area contributed by atoms with Crippen LogP contribution in [0.15, 0.2) is 34.9 Å². The number of carbonyl (C=O) groups excluding carboxylic acids is 1. The maximum absolute atomic E-state index is 12.8. The first-order valence-corrected chi connectivity index (χ1v) is 7.87. The Labute approximate surface area is 126 Å². The summed E-state index contributed by atoms with van der Waals surface area (Å²) in [6.07, 6.45) is 9.49. The first-order chi connectivity index (χ1) is 10.0. The minimum atomic E-state index is -0.471. The molecular formula is C18H22N2O. The van der Waals surface area contributed by atoms with Crippen LogP contribution in [0.2, 0.25) is 0 Å². The van der Waals surface area contributed by atoms with Crippen LogP contribution in [0.1, 0.15) is 46.5 Å². The summed E-state index contributed by atoms with van der Waals surface area (Å²) in [7, 11) is 0. The van der Waals surface area contributed by atoms with E-state index in [1.165, 1.54) is 5.57 Å². The van der Waals surface area contributed by atoms with E-state index in [0.29, 0.717) is 11.5 Å². The number of nitrogens with zero attached hydrogens (tertiary/aromatic N) is 1. The van der Waals surface area contributed by atoms with E-state index in [1.807, 2.05) is 12.2 Å². The van der Waals surface area contributed by atoms with Crippen molar-refractivity contribution in [3.05, 3.63) is 34.9 Å². The number of amides is 1. The Morgan fingerprint density at radius 2 is 2.14 bits per heavy atom. The Hall–Kier alpha value is -1.82. The smallest absolute Gasteiger partial charge is 0.231 e. The monoisotopic (exact) mass is 282 g/mol. The number of allylic oxidation sites excluding steroid dienone is 4. The Morgan fingerprint density at radius 1 is 1.43 bits per heavy atom. The molecule has 1 N–H and O–H groups in total. The Bertz CT molecular complexity index is 628. The molecular weight excluding hydrogens is 260 g/mol. The van der Waals surface area contributed by atoms with Crippen molar-refractivity contribution in [2.24, 2.45) is 11.3 Å². The summed E-state index contributed by atoms with van der Waals surface area (Å²) in [5, 5.41) is 12.6. The van der Waals surface area contributed by atoms with Gasteiger partial charge >= 0.3 is 0 Å². The fourth-order valence-electron chi connectivity index (χ4n) is 4.41. The standard InChI is InChI=1S/C18H22N2O/c1-4-18(5-2)14-9-12(11-19)7-6-8-13-10-17(3,15(13)14)20-16(18)21/h6-7,9,13H,4-5,8,10H2,1-3H3,(H,20,21)/b7-6+,12-9+. The van der Waals surface area contributed by atoms with Crippen LogP contribution in [0.25, 0.3) is 0 Å². The summed E-state index contributed by atoms with van der Waals surface area (Å²) < 4.78 is 0. The number of hydrogen-bond acceptors (Lipinski definition) is 2. The van der Waals surface area contributed by atoms with Crippen LogP contribution in [-0.4, -0.2) is 11.4 Å². The second kappa shape index (κ2) is 4.59. The van der Waals surface area contributed by atoms with Gasteiger partial charge in [0.25, 0.3) is 0 Å². The number of carbonyl (C=O) groups is 1. The van der Waals surface area contributed by atoms with Crippen molar-refractivity contribution in [2.75, 3.05) is 0 Å². The summed E-state index contributed by atoms with van der Waals surface area (Å²) in [5.74, 6) is 0.640. The molecule has 21 heavy (non-hydrogen) atoms. The first kappa shape index (κ1) is 14.1. The van der Waals surface area contributed by atoms with Crippen molar-refractivity contribution in [3.8, 4) is 6.07 Å². The predicted octanol–water partition coefficient (Wildman–Crippen LogP) is 3.41. The molecule has 1 heterocycles. The van der Waals surface area contributed by atoms with Gasteiger partial charge in [0.15, 0.2) is 0 Å². The van der Waals surface area contributed by atoms with E-state index in [2.05, 4.69) is 38.2 Å². The van der Waals surface area contributed by atoms with Crippen LogP contribution in [0.5, 0.6) is 0 Å². The summed E-state index contributed by atoms with van der Waals surface area (Å²) in [6, 6.07) is 2.26.